The molecule has 412 valence electrons. The molecule has 76 heavy (non-hydrogen) atoms. The average molecular weight is 1040 g/mol. The zero-order valence-electron chi connectivity index (χ0n) is 45.9. The Morgan fingerprint density at radius 2 is 0.592 bits per heavy atom. The van der Waals surface area contributed by atoms with Crippen LogP contribution in [0, 0.1) is 0 Å². The first-order valence-corrected chi connectivity index (χ1v) is 29.5. The van der Waals surface area contributed by atoms with E-state index >= 15 is 0 Å². The maximum absolute atomic E-state index is 14.5. The van der Waals surface area contributed by atoms with Crippen LogP contribution in [0.3, 0.4) is 0 Å². The largest absolute Gasteiger partial charge is 0.491 e. The minimum Gasteiger partial charge on any atom is -0.491 e. The van der Waals surface area contributed by atoms with Crippen LogP contribution in [0.15, 0.2) is 60.7 Å². The number of benzene rings is 4. The summed E-state index contributed by atoms with van der Waals surface area (Å²) in [6.07, 6.45) is 39.3. The van der Waals surface area contributed by atoms with Gasteiger partial charge in [-0.25, -0.2) is 19.4 Å². The van der Waals surface area contributed by atoms with E-state index in [0.717, 1.165) is 61.2 Å². The fraction of sp³-hybridized carbons (Fsp3) is 0.562. The molecule has 0 atom stereocenters. The number of unbranched alkanes of at least 4 members (excludes halogenated alkanes) is 30. The number of amides is 4. The highest BCUT2D eigenvalue weighted by atomic mass is 16.5. The molecule has 6 rings (SSSR count). The maximum Gasteiger partial charge on any atom is 0.335 e. The molecule has 0 radical (unpaired) electrons. The number of imide groups is 2. The van der Waals surface area contributed by atoms with E-state index in [-0.39, 0.29) is 67.0 Å². The monoisotopic (exact) mass is 1040 g/mol. The molecule has 2 N–H and O–H groups in total. The van der Waals surface area contributed by atoms with Crippen LogP contribution in [0.5, 0.6) is 11.5 Å². The molecular weight excluding hydrogens is 957 g/mol. The SMILES string of the molecule is CCCCCCCCCCCCCCCCCCOc1ccc(C(=O)O)cc1N1C(=O)c2ccc3c4c(ccc(c24)C1=O)C(=O)N(c1cc(C(=O)O)ccc1OCCCCCCCCCCCCCCCCCC)C3=O. The number of carboxylic acid groups (broad SMARTS) is 2. The van der Waals surface area contributed by atoms with Gasteiger partial charge in [-0.1, -0.05) is 206 Å². The van der Waals surface area contributed by atoms with Gasteiger partial charge >= 0.3 is 11.9 Å². The fourth-order valence-corrected chi connectivity index (χ4v) is 10.9. The zero-order chi connectivity index (χ0) is 54.1. The van der Waals surface area contributed by atoms with Crippen molar-refractivity contribution in [2.24, 2.45) is 0 Å². The molecule has 2 aliphatic heterocycles. The minimum absolute atomic E-state index is 0.0193. The summed E-state index contributed by atoms with van der Waals surface area (Å²) in [6, 6.07) is 13.9. The second-order valence-electron chi connectivity index (χ2n) is 21.2. The number of rotatable bonds is 40. The van der Waals surface area contributed by atoms with E-state index in [1.165, 1.54) is 215 Å². The first-order chi connectivity index (χ1) is 37.1. The van der Waals surface area contributed by atoms with Crippen LogP contribution in [0.4, 0.5) is 11.4 Å². The number of carbonyl (C=O) groups excluding carboxylic acids is 4. The van der Waals surface area contributed by atoms with Crippen LogP contribution in [0.2, 0.25) is 0 Å². The number of carbonyl (C=O) groups is 6. The second-order valence-corrected chi connectivity index (χ2v) is 21.2. The molecule has 2 aliphatic rings. The number of anilines is 2. The summed E-state index contributed by atoms with van der Waals surface area (Å²) in [7, 11) is 0. The van der Waals surface area contributed by atoms with Crippen LogP contribution in [-0.2, 0) is 0 Å². The highest BCUT2D eigenvalue weighted by molar-refractivity contribution is 6.42. The molecule has 4 aromatic carbocycles. The zero-order valence-corrected chi connectivity index (χ0v) is 45.9. The van der Waals surface area contributed by atoms with Crippen molar-refractivity contribution in [3.05, 3.63) is 94.0 Å². The lowest BCUT2D eigenvalue weighted by molar-refractivity contribution is 0.0686. The summed E-state index contributed by atoms with van der Waals surface area (Å²) in [5, 5.41) is 20.2. The summed E-state index contributed by atoms with van der Waals surface area (Å²) in [6.45, 7) is 5.11. The predicted molar refractivity (Wildman–Crippen MR) is 303 cm³/mol. The van der Waals surface area contributed by atoms with Crippen molar-refractivity contribution in [1.29, 1.82) is 0 Å². The van der Waals surface area contributed by atoms with Crippen LogP contribution in [-0.4, -0.2) is 59.0 Å². The summed E-state index contributed by atoms with van der Waals surface area (Å²) in [4.78, 5) is 84.4. The molecule has 0 bridgehead atoms. The molecule has 12 nitrogen and oxygen atoms in total. The van der Waals surface area contributed by atoms with Crippen molar-refractivity contribution >= 4 is 57.7 Å². The van der Waals surface area contributed by atoms with E-state index in [4.69, 9.17) is 9.47 Å². The van der Waals surface area contributed by atoms with Crippen molar-refractivity contribution < 1.29 is 48.5 Å². The second kappa shape index (κ2) is 31.9. The van der Waals surface area contributed by atoms with E-state index in [0.29, 0.717) is 13.2 Å². The fourth-order valence-electron chi connectivity index (χ4n) is 10.9. The number of carboxylic acids is 2. The lowest BCUT2D eigenvalue weighted by atomic mass is 9.85. The van der Waals surface area contributed by atoms with Gasteiger partial charge in [0.2, 0.25) is 0 Å². The Morgan fingerprint density at radius 3 is 0.829 bits per heavy atom. The number of hydrogen-bond acceptors (Lipinski definition) is 8. The average Bonchev–Trinajstić information content (AvgIpc) is 3.46. The Balaban J connectivity index is 1.04. The summed E-state index contributed by atoms with van der Waals surface area (Å²) >= 11 is 0. The molecule has 0 spiro atoms. The topological polar surface area (TPSA) is 168 Å². The van der Waals surface area contributed by atoms with E-state index in [2.05, 4.69) is 13.8 Å². The molecule has 0 aromatic heterocycles. The standard InChI is InChI=1S/C64H86N2O10/c1-3-5-7-9-11-13-15-17-19-21-23-25-27-29-31-33-43-75-55-41-35-47(63(71)72)45-53(55)65-59(67)49-37-39-51-58-52(40-38-50(57(49)58)60(65)68)62(70)66(61(51)69)54-46-48(64(73)74)36-42-56(54)76-44-34-32-30-28-26-24-22-20-18-16-14-12-10-8-6-4-2/h35-42,45-46H,3-34,43-44H2,1-2H3,(H,71,72)(H,73,74). The first-order valence-electron chi connectivity index (χ1n) is 29.5. The Kier molecular flexibility index (Phi) is 24.8. The molecule has 0 saturated carbocycles. The predicted octanol–water partition coefficient (Wildman–Crippen LogP) is 17.1. The summed E-state index contributed by atoms with van der Waals surface area (Å²) < 4.78 is 12.4. The molecule has 4 amide bonds. The van der Waals surface area contributed by atoms with E-state index in [9.17, 15) is 39.0 Å². The van der Waals surface area contributed by atoms with Crippen molar-refractivity contribution in [3.63, 3.8) is 0 Å². The molecule has 0 aliphatic carbocycles. The van der Waals surface area contributed by atoms with Gasteiger partial charge in [0.25, 0.3) is 23.6 Å². The van der Waals surface area contributed by atoms with Gasteiger partial charge in [0.1, 0.15) is 11.5 Å². The normalized spacial score (nSPS) is 13.1. The van der Waals surface area contributed by atoms with Crippen LogP contribution < -0.4 is 19.3 Å². The third kappa shape index (κ3) is 16.5. The van der Waals surface area contributed by atoms with Crippen LogP contribution >= 0.6 is 0 Å². The first kappa shape index (κ1) is 59.2. The number of ether oxygens (including phenoxy) is 2. The van der Waals surface area contributed by atoms with E-state index in [1.807, 2.05) is 0 Å². The Hall–Kier alpha value is -6.04. The van der Waals surface area contributed by atoms with Crippen molar-refractivity contribution in [2.75, 3.05) is 23.0 Å². The van der Waals surface area contributed by atoms with Crippen molar-refractivity contribution in [1.82, 2.24) is 0 Å². The maximum atomic E-state index is 14.5. The van der Waals surface area contributed by atoms with Gasteiger partial charge in [-0.3, -0.25) is 19.2 Å². The molecule has 4 aromatic rings. The van der Waals surface area contributed by atoms with E-state index < -0.39 is 35.6 Å². The van der Waals surface area contributed by atoms with E-state index in [1.54, 1.807) is 0 Å². The quantitative estimate of drug-likeness (QED) is 0.0323. The number of hydrogen-bond donors (Lipinski definition) is 2. The van der Waals surface area contributed by atoms with Gasteiger partial charge in [-0.05, 0) is 73.5 Å². The van der Waals surface area contributed by atoms with Gasteiger partial charge < -0.3 is 19.7 Å². The van der Waals surface area contributed by atoms with Crippen LogP contribution in [0.25, 0.3) is 10.8 Å². The summed E-state index contributed by atoms with van der Waals surface area (Å²) in [5.74, 6) is -5.20. The molecule has 0 fully saturated rings. The molecule has 0 unspecified atom stereocenters. The van der Waals surface area contributed by atoms with Crippen LogP contribution in [0.1, 0.15) is 281 Å². The highest BCUT2D eigenvalue weighted by Crippen LogP contribution is 2.43. The lowest BCUT2D eigenvalue weighted by Crippen LogP contribution is -2.43. The van der Waals surface area contributed by atoms with Gasteiger partial charge in [-0.2, -0.15) is 0 Å². The molecule has 0 saturated heterocycles. The Labute approximate surface area is 452 Å². The molecule has 2 heterocycles. The Bertz CT molecular complexity index is 2320. The van der Waals surface area contributed by atoms with Gasteiger partial charge in [0.05, 0.1) is 35.7 Å². The van der Waals surface area contributed by atoms with Gasteiger partial charge in [-0.15, -0.1) is 0 Å². The lowest BCUT2D eigenvalue weighted by Gasteiger charge is -2.33. The third-order valence-corrected chi connectivity index (χ3v) is 15.3. The number of nitrogens with zero attached hydrogens (tertiary/aromatic N) is 2. The molecule has 12 heteroatoms. The smallest absolute Gasteiger partial charge is 0.335 e. The molecular formula is C64H86N2O10. The van der Waals surface area contributed by atoms with Gasteiger partial charge in [0.15, 0.2) is 0 Å². The third-order valence-electron chi connectivity index (χ3n) is 15.3. The number of aromatic carboxylic acids is 2. The van der Waals surface area contributed by atoms with Gasteiger partial charge in [0, 0.05) is 33.0 Å². The highest BCUT2D eigenvalue weighted by Gasteiger charge is 2.42. The van der Waals surface area contributed by atoms with Crippen molar-refractivity contribution in [2.45, 2.75) is 219 Å². The Morgan fingerprint density at radius 1 is 0.355 bits per heavy atom. The van der Waals surface area contributed by atoms with Crippen molar-refractivity contribution in [3.8, 4) is 11.5 Å². The summed E-state index contributed by atoms with van der Waals surface area (Å²) in [5.41, 5.74) is -0.137. The minimum atomic E-state index is -1.24.